The molecule has 1 N–H and O–H groups in total. The molecular formula is C27H24FN7O. The molecule has 0 aliphatic carbocycles. The van der Waals surface area contributed by atoms with E-state index in [4.69, 9.17) is 14.7 Å². The molecule has 36 heavy (non-hydrogen) atoms. The maximum absolute atomic E-state index is 13.7. The van der Waals surface area contributed by atoms with Gasteiger partial charge in [0.2, 0.25) is 11.8 Å². The Morgan fingerprint density at radius 2 is 1.83 bits per heavy atom. The third-order valence-electron chi connectivity index (χ3n) is 6.25. The highest BCUT2D eigenvalue weighted by atomic mass is 19.1. The molecule has 2 aromatic carbocycles. The first-order valence-electron chi connectivity index (χ1n) is 12.0. The van der Waals surface area contributed by atoms with Gasteiger partial charge in [-0.25, -0.2) is 29.3 Å². The Hall–Kier alpha value is -4.40. The zero-order valence-corrected chi connectivity index (χ0v) is 19.7. The molecule has 0 saturated carbocycles. The lowest BCUT2D eigenvalue weighted by atomic mass is 10.1. The normalized spacial score (nSPS) is 14.7. The van der Waals surface area contributed by atoms with Crippen LogP contribution in [-0.4, -0.2) is 42.6 Å². The van der Waals surface area contributed by atoms with Crippen LogP contribution in [0.2, 0.25) is 0 Å². The lowest BCUT2D eigenvalue weighted by Crippen LogP contribution is -2.16. The Bertz CT molecular complexity index is 1530. The Kier molecular flexibility index (Phi) is 5.73. The molecule has 1 atom stereocenters. The smallest absolute Gasteiger partial charge is 0.232 e. The van der Waals surface area contributed by atoms with Gasteiger partial charge in [-0.3, -0.25) is 0 Å². The van der Waals surface area contributed by atoms with E-state index in [1.54, 1.807) is 24.5 Å². The average Bonchev–Trinajstić information content (AvgIpc) is 3.48. The van der Waals surface area contributed by atoms with Crippen LogP contribution < -0.4 is 10.1 Å². The Labute approximate surface area is 207 Å². The van der Waals surface area contributed by atoms with Gasteiger partial charge < -0.3 is 14.6 Å². The fourth-order valence-electron chi connectivity index (χ4n) is 4.61. The van der Waals surface area contributed by atoms with Crippen molar-refractivity contribution >= 4 is 17.0 Å². The molecule has 0 amide bonds. The second kappa shape index (κ2) is 9.33. The molecule has 0 bridgehead atoms. The first kappa shape index (κ1) is 22.1. The second-order valence-electron chi connectivity index (χ2n) is 8.60. The molecule has 0 saturated heterocycles. The van der Waals surface area contributed by atoms with Crippen LogP contribution in [0.15, 0.2) is 67.0 Å². The fourth-order valence-corrected chi connectivity index (χ4v) is 4.61. The predicted molar refractivity (Wildman–Crippen MR) is 135 cm³/mol. The molecule has 5 aromatic rings. The topological polar surface area (TPSA) is 90.6 Å². The number of hydrogen-bond donors (Lipinski definition) is 1. The summed E-state index contributed by atoms with van der Waals surface area (Å²) in [6.45, 7) is 3.12. The van der Waals surface area contributed by atoms with Crippen LogP contribution in [0.25, 0.3) is 33.7 Å². The van der Waals surface area contributed by atoms with Crippen molar-refractivity contribution < 1.29 is 9.13 Å². The molecule has 4 heterocycles. The van der Waals surface area contributed by atoms with Gasteiger partial charge in [-0.05, 0) is 55.8 Å². The number of imidazole rings is 1. The lowest BCUT2D eigenvalue weighted by molar-refractivity contribution is 0.247. The molecule has 0 spiro atoms. The monoisotopic (exact) mass is 481 g/mol. The highest BCUT2D eigenvalue weighted by Gasteiger charge is 2.31. The summed E-state index contributed by atoms with van der Waals surface area (Å²) in [5.41, 5.74) is 4.83. The molecule has 0 unspecified atom stereocenters. The van der Waals surface area contributed by atoms with Crippen molar-refractivity contribution in [3.05, 3.63) is 78.6 Å². The summed E-state index contributed by atoms with van der Waals surface area (Å²) in [5, 5.41) is 3.18. The highest BCUT2D eigenvalue weighted by Crippen LogP contribution is 2.39. The molecule has 1 aliphatic rings. The summed E-state index contributed by atoms with van der Waals surface area (Å²) >= 11 is 0. The molecular weight excluding hydrogens is 457 g/mol. The number of halogens is 1. The van der Waals surface area contributed by atoms with Crippen LogP contribution in [0.3, 0.4) is 0 Å². The lowest BCUT2D eigenvalue weighted by Gasteiger charge is -2.18. The number of anilines is 1. The third kappa shape index (κ3) is 4.13. The minimum absolute atomic E-state index is 0.0301. The van der Waals surface area contributed by atoms with Crippen LogP contribution in [0, 0.1) is 5.82 Å². The number of aryl methyl sites for hydroxylation is 1. The number of nitrogens with zero attached hydrogens (tertiary/aromatic N) is 6. The van der Waals surface area contributed by atoms with E-state index in [-0.39, 0.29) is 11.9 Å². The number of nitrogens with one attached hydrogen (secondary N) is 1. The van der Waals surface area contributed by atoms with Crippen molar-refractivity contribution in [3.8, 4) is 28.5 Å². The molecule has 6 rings (SSSR count). The van der Waals surface area contributed by atoms with Gasteiger partial charge in [0.1, 0.15) is 18.2 Å². The van der Waals surface area contributed by atoms with E-state index in [1.807, 2.05) is 37.3 Å². The fraction of sp³-hybridized carbons (Fsp3) is 0.222. The number of hydrogen-bond acceptors (Lipinski definition) is 7. The van der Waals surface area contributed by atoms with E-state index in [2.05, 4.69) is 24.8 Å². The number of benzene rings is 2. The molecule has 180 valence electrons. The van der Waals surface area contributed by atoms with Gasteiger partial charge in [0.15, 0.2) is 0 Å². The first-order chi connectivity index (χ1) is 17.7. The number of ether oxygens (including phenoxy) is 1. The van der Waals surface area contributed by atoms with Crippen LogP contribution in [0.1, 0.15) is 25.2 Å². The predicted octanol–water partition coefficient (Wildman–Crippen LogP) is 5.09. The summed E-state index contributed by atoms with van der Waals surface area (Å²) in [6.07, 6.45) is 5.08. The number of fused-ring (bicyclic) bond motifs is 2. The van der Waals surface area contributed by atoms with Gasteiger partial charge in [0.25, 0.3) is 0 Å². The van der Waals surface area contributed by atoms with E-state index >= 15 is 0 Å². The number of rotatable bonds is 7. The minimum Gasteiger partial charge on any atom is -0.474 e. The molecule has 9 heteroatoms. The van der Waals surface area contributed by atoms with Gasteiger partial charge >= 0.3 is 0 Å². The average molecular weight is 482 g/mol. The van der Waals surface area contributed by atoms with Crippen LogP contribution >= 0.6 is 0 Å². The second-order valence-corrected chi connectivity index (χ2v) is 8.60. The molecule has 3 aromatic heterocycles. The van der Waals surface area contributed by atoms with Crippen molar-refractivity contribution in [1.82, 2.24) is 29.5 Å². The van der Waals surface area contributed by atoms with Gasteiger partial charge in [-0.1, -0.05) is 12.1 Å². The van der Waals surface area contributed by atoms with Crippen LogP contribution in [0.4, 0.5) is 10.3 Å². The highest BCUT2D eigenvalue weighted by molar-refractivity contribution is 5.78. The molecule has 0 radical (unpaired) electrons. The Balaban J connectivity index is 1.38. The van der Waals surface area contributed by atoms with Crippen molar-refractivity contribution in [2.45, 2.75) is 25.8 Å². The maximum atomic E-state index is 13.7. The third-order valence-corrected chi connectivity index (χ3v) is 6.25. The van der Waals surface area contributed by atoms with Crippen LogP contribution in [0.5, 0.6) is 5.88 Å². The van der Waals surface area contributed by atoms with Gasteiger partial charge in [0, 0.05) is 24.7 Å². The minimum atomic E-state index is -0.286. The van der Waals surface area contributed by atoms with E-state index in [9.17, 15) is 4.39 Å². The summed E-state index contributed by atoms with van der Waals surface area (Å²) in [4.78, 5) is 23.1. The molecule has 8 nitrogen and oxygen atoms in total. The standard InChI is InChI=1S/C27H24FN7O/c1-2-29-27-30-14-13-22(33-27)26-25(17-7-9-18(28)10-8-17)34-23-12-11-19(35(23)26)16-36-24-15-31-20-5-3-4-6-21(20)32-24/h3-10,13-15,19H,2,11-12,16H2,1H3,(H,29,30,33)/t19-/m0/s1. The molecule has 0 fully saturated rings. The van der Waals surface area contributed by atoms with E-state index in [0.29, 0.717) is 25.0 Å². The zero-order chi connectivity index (χ0) is 24.5. The van der Waals surface area contributed by atoms with E-state index in [1.165, 1.54) is 12.1 Å². The van der Waals surface area contributed by atoms with Gasteiger partial charge in [0.05, 0.1) is 40.4 Å². The van der Waals surface area contributed by atoms with Crippen molar-refractivity contribution in [1.29, 1.82) is 0 Å². The van der Waals surface area contributed by atoms with Crippen molar-refractivity contribution in [2.24, 2.45) is 0 Å². The zero-order valence-electron chi connectivity index (χ0n) is 19.7. The van der Waals surface area contributed by atoms with Crippen LogP contribution in [-0.2, 0) is 6.42 Å². The van der Waals surface area contributed by atoms with E-state index < -0.39 is 0 Å². The first-order valence-corrected chi connectivity index (χ1v) is 12.0. The summed E-state index contributed by atoms with van der Waals surface area (Å²) in [7, 11) is 0. The van der Waals surface area contributed by atoms with Crippen molar-refractivity contribution in [2.75, 3.05) is 18.5 Å². The quantitative estimate of drug-likeness (QED) is 0.346. The summed E-state index contributed by atoms with van der Waals surface area (Å²) < 4.78 is 22.0. The molecule has 1 aliphatic heterocycles. The SMILES string of the molecule is CCNc1nccc(-c2c(-c3ccc(F)cc3)nc3n2[C@H](COc2cnc4ccccc4n2)CC3)n1. The summed E-state index contributed by atoms with van der Waals surface area (Å²) in [5.74, 6) is 1.70. The van der Waals surface area contributed by atoms with E-state index in [0.717, 1.165) is 52.3 Å². The largest absolute Gasteiger partial charge is 0.474 e. The van der Waals surface area contributed by atoms with Crippen molar-refractivity contribution in [3.63, 3.8) is 0 Å². The number of para-hydroxylation sites is 2. The Morgan fingerprint density at radius 1 is 1.00 bits per heavy atom. The number of aromatic nitrogens is 6. The Morgan fingerprint density at radius 3 is 2.67 bits per heavy atom. The summed E-state index contributed by atoms with van der Waals surface area (Å²) in [6, 6.07) is 16.0. The van der Waals surface area contributed by atoms with Gasteiger partial charge in [-0.2, -0.15) is 0 Å². The van der Waals surface area contributed by atoms with Gasteiger partial charge in [-0.15, -0.1) is 0 Å². The maximum Gasteiger partial charge on any atom is 0.232 e.